The van der Waals surface area contributed by atoms with Crippen molar-refractivity contribution in [3.8, 4) is 0 Å². The van der Waals surface area contributed by atoms with Crippen molar-refractivity contribution in [2.24, 2.45) is 46.3 Å². The van der Waals surface area contributed by atoms with Gasteiger partial charge in [-0.3, -0.25) is 4.79 Å². The lowest BCUT2D eigenvalue weighted by Crippen LogP contribution is -2.51. The van der Waals surface area contributed by atoms with E-state index in [4.69, 9.17) is 4.74 Å². The summed E-state index contributed by atoms with van der Waals surface area (Å²) in [6.45, 7) is 12.6. The van der Waals surface area contributed by atoms with Crippen molar-refractivity contribution >= 4 is 38.3 Å². The van der Waals surface area contributed by atoms with Gasteiger partial charge in [-0.15, -0.1) is 0 Å². The molecular formula is C47H60O2. The van der Waals surface area contributed by atoms with Crippen LogP contribution in [0.1, 0.15) is 124 Å². The molecule has 0 unspecified atom stereocenters. The number of carbonyl (C=O) groups excluding carboxylic acids is 1. The van der Waals surface area contributed by atoms with Gasteiger partial charge in [0.2, 0.25) is 0 Å². The third-order valence-electron chi connectivity index (χ3n) is 15.0. The monoisotopic (exact) mass is 656 g/mol. The van der Waals surface area contributed by atoms with E-state index in [-0.39, 0.29) is 12.1 Å². The minimum absolute atomic E-state index is 0.00598. The average Bonchev–Trinajstić information content (AvgIpc) is 3.45. The summed E-state index contributed by atoms with van der Waals surface area (Å²) < 4.78 is 6.23. The Morgan fingerprint density at radius 3 is 2.37 bits per heavy atom. The molecule has 2 heteroatoms. The molecule has 2 nitrogen and oxygen atoms in total. The van der Waals surface area contributed by atoms with Gasteiger partial charge in [0, 0.05) is 12.8 Å². The summed E-state index contributed by atoms with van der Waals surface area (Å²) in [7, 11) is 0. The summed E-state index contributed by atoms with van der Waals surface area (Å²) in [5.41, 5.74) is 3.78. The van der Waals surface area contributed by atoms with E-state index >= 15 is 0 Å². The highest BCUT2D eigenvalue weighted by atomic mass is 16.5. The van der Waals surface area contributed by atoms with Crippen LogP contribution in [0.25, 0.3) is 32.3 Å². The summed E-state index contributed by atoms with van der Waals surface area (Å²) in [6.07, 6.45) is 19.3. The second-order valence-corrected chi connectivity index (χ2v) is 18.1. The van der Waals surface area contributed by atoms with Gasteiger partial charge >= 0.3 is 5.97 Å². The maximum atomic E-state index is 13.2. The number of aryl methyl sites for hydroxylation is 1. The number of ether oxygens (including phenoxy) is 1. The molecule has 0 aromatic heterocycles. The minimum Gasteiger partial charge on any atom is -0.462 e. The molecule has 3 saturated carbocycles. The van der Waals surface area contributed by atoms with Crippen molar-refractivity contribution in [1.82, 2.24) is 0 Å². The van der Waals surface area contributed by atoms with Crippen LogP contribution in [0.2, 0.25) is 0 Å². The summed E-state index contributed by atoms with van der Waals surface area (Å²) in [6, 6.07) is 20.1. The van der Waals surface area contributed by atoms with Crippen molar-refractivity contribution in [1.29, 1.82) is 0 Å². The third kappa shape index (κ3) is 5.82. The largest absolute Gasteiger partial charge is 0.462 e. The molecule has 4 aromatic rings. The Labute approximate surface area is 295 Å². The van der Waals surface area contributed by atoms with Gasteiger partial charge in [-0.1, -0.05) is 120 Å². The predicted octanol–water partition coefficient (Wildman–Crippen LogP) is 12.9. The fraction of sp³-hybridized carbons (Fsp3) is 0.596. The van der Waals surface area contributed by atoms with Gasteiger partial charge in [0.05, 0.1) is 0 Å². The number of rotatable bonds is 10. The molecule has 0 saturated heterocycles. The molecule has 0 amide bonds. The van der Waals surface area contributed by atoms with E-state index in [1.165, 1.54) is 95.7 Å². The highest BCUT2D eigenvalue weighted by Crippen LogP contribution is 2.67. The Morgan fingerprint density at radius 2 is 1.57 bits per heavy atom. The van der Waals surface area contributed by atoms with Crippen molar-refractivity contribution in [2.75, 3.05) is 0 Å². The molecule has 0 bridgehead atoms. The number of allylic oxidation sites excluding steroid dienone is 1. The summed E-state index contributed by atoms with van der Waals surface area (Å²) >= 11 is 0. The van der Waals surface area contributed by atoms with Crippen LogP contribution in [-0.4, -0.2) is 12.1 Å². The van der Waals surface area contributed by atoms with Gasteiger partial charge in [-0.2, -0.15) is 0 Å². The molecule has 3 fully saturated rings. The molecule has 4 aromatic carbocycles. The first kappa shape index (κ1) is 33.3. The summed E-state index contributed by atoms with van der Waals surface area (Å²) in [5, 5.41) is 7.96. The first-order valence-corrected chi connectivity index (χ1v) is 20.2. The third-order valence-corrected chi connectivity index (χ3v) is 15.0. The van der Waals surface area contributed by atoms with Gasteiger partial charge in [0.1, 0.15) is 6.10 Å². The van der Waals surface area contributed by atoms with E-state index < -0.39 is 0 Å². The molecule has 0 heterocycles. The lowest BCUT2D eigenvalue weighted by Gasteiger charge is -2.58. The van der Waals surface area contributed by atoms with E-state index in [0.717, 1.165) is 61.2 Å². The molecule has 260 valence electrons. The van der Waals surface area contributed by atoms with Gasteiger partial charge < -0.3 is 4.74 Å². The molecule has 0 spiro atoms. The van der Waals surface area contributed by atoms with Crippen molar-refractivity contribution in [3.63, 3.8) is 0 Å². The van der Waals surface area contributed by atoms with Crippen LogP contribution < -0.4 is 0 Å². The fourth-order valence-corrected chi connectivity index (χ4v) is 12.4. The second-order valence-electron chi connectivity index (χ2n) is 18.1. The Hall–Kier alpha value is -2.87. The Kier molecular flexibility index (Phi) is 8.85. The van der Waals surface area contributed by atoms with E-state index in [1.54, 1.807) is 5.57 Å². The molecule has 0 radical (unpaired) electrons. The zero-order valence-corrected chi connectivity index (χ0v) is 31.0. The molecule has 8 rings (SSSR count). The molecule has 0 N–H and O–H groups in total. The van der Waals surface area contributed by atoms with Gasteiger partial charge in [-0.25, -0.2) is 0 Å². The maximum Gasteiger partial charge on any atom is 0.306 e. The smallest absolute Gasteiger partial charge is 0.306 e. The molecule has 8 atom stereocenters. The lowest BCUT2D eigenvalue weighted by atomic mass is 9.47. The molecular weight excluding hydrogens is 597 g/mol. The highest BCUT2D eigenvalue weighted by molar-refractivity contribution is 6.23. The standard InChI is InChI=1S/C47H60O2/c1-30(2)9-6-10-31(3)40-23-24-41-39-22-20-36-29-37(25-27-46(36,4)42(39)26-28-47(40,41)5)49-43(48)14-8-11-32-15-16-35-18-17-33-12-7-13-34-19-21-38(32)45(35)44(33)34/h7,12-13,15-21,30-31,37,39-42H,6,8-11,14,22-29H2,1-5H3/t31-,37+,39+,40-,41+,42+,46+,47-/m1/s1. The second kappa shape index (κ2) is 13.0. The normalized spacial score (nSPS) is 31.9. The van der Waals surface area contributed by atoms with Crippen LogP contribution in [0.4, 0.5) is 0 Å². The highest BCUT2D eigenvalue weighted by Gasteiger charge is 2.59. The topological polar surface area (TPSA) is 26.3 Å². The van der Waals surface area contributed by atoms with E-state index in [2.05, 4.69) is 95.3 Å². The molecule has 4 aliphatic rings. The summed E-state index contributed by atoms with van der Waals surface area (Å²) in [5.74, 6) is 5.14. The van der Waals surface area contributed by atoms with Crippen LogP contribution in [0.15, 0.2) is 66.2 Å². The van der Waals surface area contributed by atoms with Crippen LogP contribution in [0.5, 0.6) is 0 Å². The maximum absolute atomic E-state index is 13.2. The molecule has 4 aliphatic carbocycles. The molecule has 49 heavy (non-hydrogen) atoms. The first-order chi connectivity index (χ1) is 23.7. The first-order valence-electron chi connectivity index (χ1n) is 20.2. The Bertz CT molecular complexity index is 1830. The van der Waals surface area contributed by atoms with Crippen LogP contribution in [0, 0.1) is 46.3 Å². The van der Waals surface area contributed by atoms with Gasteiger partial charge in [0.15, 0.2) is 0 Å². The average molecular weight is 657 g/mol. The Morgan fingerprint density at radius 1 is 0.816 bits per heavy atom. The lowest BCUT2D eigenvalue weighted by molar-refractivity contribution is -0.151. The number of carbonyl (C=O) groups is 1. The van der Waals surface area contributed by atoms with Gasteiger partial charge in [-0.05, 0) is 142 Å². The number of esters is 1. The fourth-order valence-electron chi connectivity index (χ4n) is 12.4. The Balaban J connectivity index is 0.878. The number of fused-ring (bicyclic) bond motifs is 5. The summed E-state index contributed by atoms with van der Waals surface area (Å²) in [4.78, 5) is 13.2. The number of benzene rings is 4. The van der Waals surface area contributed by atoms with E-state index in [1.807, 2.05) is 0 Å². The minimum atomic E-state index is -0.00598. The van der Waals surface area contributed by atoms with Gasteiger partial charge in [0.25, 0.3) is 0 Å². The van der Waals surface area contributed by atoms with Crippen LogP contribution >= 0.6 is 0 Å². The van der Waals surface area contributed by atoms with Crippen molar-refractivity contribution in [2.45, 2.75) is 131 Å². The van der Waals surface area contributed by atoms with Crippen LogP contribution in [-0.2, 0) is 16.0 Å². The zero-order chi connectivity index (χ0) is 33.9. The van der Waals surface area contributed by atoms with Crippen molar-refractivity contribution in [3.05, 3.63) is 71.8 Å². The number of hydrogen-bond donors (Lipinski definition) is 0. The van der Waals surface area contributed by atoms with E-state index in [9.17, 15) is 4.79 Å². The number of hydrogen-bond acceptors (Lipinski definition) is 2. The SMILES string of the molecule is CC(C)CCC[C@@H](C)[C@H]1CC[C@H]2[C@@H]3CC=C4C[C@@H](OC(=O)CCCc5ccc6ccc7cccc8ccc5c6c78)CC[C@]4(C)[C@H]3CC[C@]12C. The quantitative estimate of drug-likeness (QED) is 0.0964. The predicted molar refractivity (Wildman–Crippen MR) is 206 cm³/mol. The van der Waals surface area contributed by atoms with E-state index in [0.29, 0.717) is 17.3 Å². The zero-order valence-electron chi connectivity index (χ0n) is 31.0. The van der Waals surface area contributed by atoms with Crippen molar-refractivity contribution < 1.29 is 9.53 Å². The van der Waals surface area contributed by atoms with Crippen LogP contribution in [0.3, 0.4) is 0 Å². The molecule has 0 aliphatic heterocycles.